The van der Waals surface area contributed by atoms with E-state index in [-0.39, 0.29) is 0 Å². The van der Waals surface area contributed by atoms with E-state index >= 15 is 0 Å². The molecule has 0 atom stereocenters. The van der Waals surface area contributed by atoms with Crippen molar-refractivity contribution < 1.29 is 4.79 Å². The van der Waals surface area contributed by atoms with Gasteiger partial charge in [0.1, 0.15) is 0 Å². The van der Waals surface area contributed by atoms with E-state index in [1.165, 1.54) is 0 Å². The number of rotatable bonds is 4. The minimum atomic E-state index is -0.688. The van der Waals surface area contributed by atoms with Crippen LogP contribution in [0.2, 0.25) is 0 Å². The van der Waals surface area contributed by atoms with Crippen molar-refractivity contribution in [1.29, 1.82) is 0 Å². The SMILES string of the molecule is NC(=O)N/N=C(/C=C/c1ccccc1)c1ccccc1. The lowest BCUT2D eigenvalue weighted by atomic mass is 10.1. The summed E-state index contributed by atoms with van der Waals surface area (Å²) in [5.74, 6) is 0. The second kappa shape index (κ2) is 6.89. The van der Waals surface area contributed by atoms with E-state index in [1.54, 1.807) is 0 Å². The first-order valence-corrected chi connectivity index (χ1v) is 6.17. The predicted molar refractivity (Wildman–Crippen MR) is 81.2 cm³/mol. The maximum atomic E-state index is 10.8. The quantitative estimate of drug-likeness (QED) is 0.647. The molecule has 0 saturated carbocycles. The molecular weight excluding hydrogens is 250 g/mol. The van der Waals surface area contributed by atoms with Crippen LogP contribution in [0, 0.1) is 0 Å². The smallest absolute Gasteiger partial charge is 0.332 e. The van der Waals surface area contributed by atoms with Crippen molar-refractivity contribution in [2.24, 2.45) is 10.8 Å². The summed E-state index contributed by atoms with van der Waals surface area (Å²) in [4.78, 5) is 10.8. The number of allylic oxidation sites excluding steroid dienone is 1. The minimum Gasteiger partial charge on any atom is -0.350 e. The Hall–Kier alpha value is -2.88. The van der Waals surface area contributed by atoms with Crippen LogP contribution in [0.1, 0.15) is 11.1 Å². The number of primary amides is 1. The second-order valence-electron chi connectivity index (χ2n) is 4.08. The molecule has 0 aliphatic rings. The molecule has 2 aromatic rings. The lowest BCUT2D eigenvalue weighted by Crippen LogP contribution is -2.25. The number of nitrogens with two attached hydrogens (primary N) is 1. The first-order chi connectivity index (χ1) is 9.75. The number of carbonyl (C=O) groups excluding carboxylic acids is 1. The molecule has 0 aromatic heterocycles. The monoisotopic (exact) mass is 265 g/mol. The maximum Gasteiger partial charge on any atom is 0.332 e. The fraction of sp³-hybridized carbons (Fsp3) is 0. The van der Waals surface area contributed by atoms with Gasteiger partial charge in [-0.05, 0) is 11.6 Å². The summed E-state index contributed by atoms with van der Waals surface area (Å²) in [7, 11) is 0. The van der Waals surface area contributed by atoms with Crippen LogP contribution in [-0.4, -0.2) is 11.7 Å². The second-order valence-corrected chi connectivity index (χ2v) is 4.08. The molecule has 0 aliphatic heterocycles. The third-order valence-electron chi connectivity index (χ3n) is 2.59. The van der Waals surface area contributed by atoms with Gasteiger partial charge in [0.05, 0.1) is 5.71 Å². The van der Waals surface area contributed by atoms with Gasteiger partial charge in [0.2, 0.25) is 0 Å². The molecule has 0 bridgehead atoms. The predicted octanol–water partition coefficient (Wildman–Crippen LogP) is 2.77. The van der Waals surface area contributed by atoms with Gasteiger partial charge in [-0.25, -0.2) is 10.2 Å². The fourth-order valence-electron chi connectivity index (χ4n) is 1.66. The summed E-state index contributed by atoms with van der Waals surface area (Å²) in [6.07, 6.45) is 3.76. The van der Waals surface area contributed by atoms with Gasteiger partial charge in [-0.1, -0.05) is 66.7 Å². The summed E-state index contributed by atoms with van der Waals surface area (Å²) < 4.78 is 0. The molecule has 20 heavy (non-hydrogen) atoms. The van der Waals surface area contributed by atoms with Crippen molar-refractivity contribution >= 4 is 17.8 Å². The summed E-state index contributed by atoms with van der Waals surface area (Å²) in [5, 5.41) is 4.01. The van der Waals surface area contributed by atoms with E-state index in [1.807, 2.05) is 72.8 Å². The highest BCUT2D eigenvalue weighted by atomic mass is 16.2. The molecule has 4 nitrogen and oxygen atoms in total. The van der Waals surface area contributed by atoms with Crippen LogP contribution in [0.5, 0.6) is 0 Å². The molecule has 0 spiro atoms. The number of hydrazone groups is 1. The van der Waals surface area contributed by atoms with Crippen molar-refractivity contribution in [3.63, 3.8) is 0 Å². The Morgan fingerprint density at radius 1 is 1.00 bits per heavy atom. The zero-order valence-electron chi connectivity index (χ0n) is 10.9. The molecule has 2 aromatic carbocycles. The van der Waals surface area contributed by atoms with Gasteiger partial charge < -0.3 is 5.73 Å². The highest BCUT2D eigenvalue weighted by molar-refractivity contribution is 6.10. The van der Waals surface area contributed by atoms with Crippen molar-refractivity contribution in [1.82, 2.24) is 5.43 Å². The number of benzene rings is 2. The number of urea groups is 1. The standard InChI is InChI=1S/C16H15N3O/c17-16(20)19-18-15(14-9-5-2-6-10-14)12-11-13-7-3-1-4-8-13/h1-12H,(H3,17,19,20)/b12-11+,18-15-. The van der Waals surface area contributed by atoms with E-state index in [4.69, 9.17) is 5.73 Å². The number of hydrogen-bond acceptors (Lipinski definition) is 2. The lowest BCUT2D eigenvalue weighted by molar-refractivity contribution is 0.249. The third kappa shape index (κ3) is 4.10. The molecule has 2 rings (SSSR count). The lowest BCUT2D eigenvalue weighted by Gasteiger charge is -2.02. The molecule has 4 heteroatoms. The molecule has 0 fully saturated rings. The molecule has 3 N–H and O–H groups in total. The molecular formula is C16H15N3O. The third-order valence-corrected chi connectivity index (χ3v) is 2.59. The fourth-order valence-corrected chi connectivity index (χ4v) is 1.66. The highest BCUT2D eigenvalue weighted by Crippen LogP contribution is 2.06. The van der Waals surface area contributed by atoms with Gasteiger partial charge in [-0.2, -0.15) is 5.10 Å². The molecule has 0 saturated heterocycles. The van der Waals surface area contributed by atoms with Crippen LogP contribution in [-0.2, 0) is 0 Å². The Labute approximate surface area is 117 Å². The molecule has 0 aliphatic carbocycles. The van der Waals surface area contributed by atoms with E-state index in [9.17, 15) is 4.79 Å². The van der Waals surface area contributed by atoms with Gasteiger partial charge in [0.25, 0.3) is 0 Å². The van der Waals surface area contributed by atoms with Crippen LogP contribution in [0.25, 0.3) is 6.08 Å². The largest absolute Gasteiger partial charge is 0.350 e. The van der Waals surface area contributed by atoms with Crippen molar-refractivity contribution in [2.45, 2.75) is 0 Å². The number of amides is 2. The van der Waals surface area contributed by atoms with Crippen LogP contribution >= 0.6 is 0 Å². The minimum absolute atomic E-state index is 0.633. The zero-order valence-corrected chi connectivity index (χ0v) is 10.9. The van der Waals surface area contributed by atoms with Gasteiger partial charge in [0.15, 0.2) is 0 Å². The molecule has 0 heterocycles. The van der Waals surface area contributed by atoms with E-state index < -0.39 is 6.03 Å². The normalized spacial score (nSPS) is 11.5. The van der Waals surface area contributed by atoms with E-state index in [0.717, 1.165) is 11.1 Å². The first kappa shape index (κ1) is 13.5. The number of carbonyl (C=O) groups is 1. The number of hydrogen-bond donors (Lipinski definition) is 2. The number of nitrogens with zero attached hydrogens (tertiary/aromatic N) is 1. The Bertz CT molecular complexity index is 619. The van der Waals surface area contributed by atoms with Gasteiger partial charge in [0, 0.05) is 5.56 Å². The highest BCUT2D eigenvalue weighted by Gasteiger charge is 1.99. The van der Waals surface area contributed by atoms with Crippen LogP contribution < -0.4 is 11.2 Å². The van der Waals surface area contributed by atoms with Gasteiger partial charge in [-0.3, -0.25) is 0 Å². The van der Waals surface area contributed by atoms with Gasteiger partial charge >= 0.3 is 6.03 Å². The first-order valence-electron chi connectivity index (χ1n) is 6.17. The summed E-state index contributed by atoms with van der Waals surface area (Å²) in [6, 6.07) is 18.7. The average Bonchev–Trinajstić information content (AvgIpc) is 2.49. The Morgan fingerprint density at radius 2 is 1.60 bits per heavy atom. The summed E-state index contributed by atoms with van der Waals surface area (Å²) in [6.45, 7) is 0. The van der Waals surface area contributed by atoms with E-state index in [2.05, 4.69) is 10.5 Å². The maximum absolute atomic E-state index is 10.8. The summed E-state index contributed by atoms with van der Waals surface area (Å²) >= 11 is 0. The molecule has 100 valence electrons. The zero-order chi connectivity index (χ0) is 14.2. The Balaban J connectivity index is 2.26. The molecule has 2 amide bonds. The Kier molecular flexibility index (Phi) is 4.67. The summed E-state index contributed by atoms with van der Waals surface area (Å²) in [5.41, 5.74) is 9.88. The van der Waals surface area contributed by atoms with Crippen molar-refractivity contribution in [3.05, 3.63) is 77.9 Å². The van der Waals surface area contributed by atoms with Crippen molar-refractivity contribution in [3.8, 4) is 0 Å². The van der Waals surface area contributed by atoms with E-state index in [0.29, 0.717) is 5.71 Å². The van der Waals surface area contributed by atoms with Gasteiger partial charge in [-0.15, -0.1) is 0 Å². The average molecular weight is 265 g/mol. The van der Waals surface area contributed by atoms with Crippen LogP contribution in [0.15, 0.2) is 71.8 Å². The topological polar surface area (TPSA) is 67.5 Å². The van der Waals surface area contributed by atoms with Crippen LogP contribution in [0.3, 0.4) is 0 Å². The number of nitrogens with one attached hydrogen (secondary N) is 1. The Morgan fingerprint density at radius 3 is 2.20 bits per heavy atom. The van der Waals surface area contributed by atoms with Crippen molar-refractivity contribution in [2.75, 3.05) is 0 Å². The molecule has 0 unspecified atom stereocenters. The van der Waals surface area contributed by atoms with Crippen LogP contribution in [0.4, 0.5) is 4.79 Å². The molecule has 0 radical (unpaired) electrons.